The van der Waals surface area contributed by atoms with E-state index in [2.05, 4.69) is 4.74 Å². The topological polar surface area (TPSA) is 44.5 Å². The van der Waals surface area contributed by atoms with Gasteiger partial charge in [0.2, 0.25) is 0 Å². The lowest BCUT2D eigenvalue weighted by Gasteiger charge is -2.13. The molecular weight excluding hydrogens is 235 g/mol. The van der Waals surface area contributed by atoms with Gasteiger partial charge >= 0.3 is 6.36 Å². The van der Waals surface area contributed by atoms with Gasteiger partial charge in [0.25, 0.3) is 0 Å². The fourth-order valence-electron chi connectivity index (χ4n) is 1.49. The zero-order valence-corrected chi connectivity index (χ0v) is 9.60. The Labute approximate surface area is 97.3 Å². The molecule has 6 heteroatoms. The normalized spacial score (nSPS) is 11.6. The van der Waals surface area contributed by atoms with E-state index >= 15 is 0 Å². The second kappa shape index (κ2) is 5.27. The summed E-state index contributed by atoms with van der Waals surface area (Å²) >= 11 is 0. The molecular formula is C11H14F3NO2. The number of rotatable bonds is 4. The first-order chi connectivity index (χ1) is 7.79. The summed E-state index contributed by atoms with van der Waals surface area (Å²) in [5, 5.41) is 0. The van der Waals surface area contributed by atoms with Crippen molar-refractivity contribution in [1.82, 2.24) is 0 Å². The smallest absolute Gasteiger partial charge is 0.489 e. The van der Waals surface area contributed by atoms with Crippen LogP contribution in [0.4, 0.5) is 18.9 Å². The molecule has 0 aliphatic heterocycles. The Balaban J connectivity index is 2.53. The third kappa shape index (κ3) is 4.52. The van der Waals surface area contributed by atoms with Crippen molar-refractivity contribution >= 4 is 5.69 Å². The molecule has 0 saturated heterocycles. The van der Waals surface area contributed by atoms with Gasteiger partial charge < -0.3 is 10.5 Å². The van der Waals surface area contributed by atoms with Crippen molar-refractivity contribution in [3.63, 3.8) is 0 Å². The van der Waals surface area contributed by atoms with Gasteiger partial charge in [-0.25, -0.2) is 0 Å². The summed E-state index contributed by atoms with van der Waals surface area (Å²) < 4.78 is 43.8. The van der Waals surface area contributed by atoms with Crippen LogP contribution in [0.15, 0.2) is 12.1 Å². The van der Waals surface area contributed by atoms with Gasteiger partial charge in [-0.1, -0.05) is 6.07 Å². The quantitative estimate of drug-likeness (QED) is 0.659. The van der Waals surface area contributed by atoms with E-state index in [1.54, 1.807) is 13.0 Å². The lowest BCUT2D eigenvalue weighted by atomic mass is 10.1. The molecule has 0 heterocycles. The Morgan fingerprint density at radius 2 is 1.82 bits per heavy atom. The molecule has 0 aliphatic carbocycles. The first-order valence-corrected chi connectivity index (χ1v) is 5.00. The van der Waals surface area contributed by atoms with Crippen LogP contribution in [0.3, 0.4) is 0 Å². The fourth-order valence-corrected chi connectivity index (χ4v) is 1.49. The van der Waals surface area contributed by atoms with Gasteiger partial charge in [-0.3, -0.25) is 4.74 Å². The van der Waals surface area contributed by atoms with Gasteiger partial charge in [0.05, 0.1) is 12.3 Å². The molecule has 0 unspecified atom stereocenters. The van der Waals surface area contributed by atoms with Gasteiger partial charge in [0.15, 0.2) is 0 Å². The van der Waals surface area contributed by atoms with Gasteiger partial charge in [0.1, 0.15) is 12.4 Å². The maximum absolute atomic E-state index is 11.7. The molecule has 0 saturated carbocycles. The molecule has 0 fully saturated rings. The van der Waals surface area contributed by atoms with E-state index in [0.717, 1.165) is 11.1 Å². The average molecular weight is 249 g/mol. The van der Waals surface area contributed by atoms with E-state index in [4.69, 9.17) is 10.5 Å². The number of aryl methyl sites for hydroxylation is 2. The van der Waals surface area contributed by atoms with Crippen LogP contribution >= 0.6 is 0 Å². The molecule has 1 aromatic rings. The third-order valence-corrected chi connectivity index (χ3v) is 2.04. The number of benzene rings is 1. The third-order valence-electron chi connectivity index (χ3n) is 2.04. The van der Waals surface area contributed by atoms with E-state index in [9.17, 15) is 13.2 Å². The summed E-state index contributed by atoms with van der Waals surface area (Å²) in [4.78, 5) is 0. The van der Waals surface area contributed by atoms with Crippen molar-refractivity contribution in [2.75, 3.05) is 18.9 Å². The van der Waals surface area contributed by atoms with Crippen molar-refractivity contribution in [3.05, 3.63) is 23.3 Å². The lowest BCUT2D eigenvalue weighted by molar-refractivity contribution is -0.325. The zero-order chi connectivity index (χ0) is 13.1. The van der Waals surface area contributed by atoms with E-state index in [1.807, 2.05) is 13.0 Å². The van der Waals surface area contributed by atoms with E-state index in [-0.39, 0.29) is 6.61 Å². The van der Waals surface area contributed by atoms with Crippen molar-refractivity contribution in [2.45, 2.75) is 20.2 Å². The summed E-state index contributed by atoms with van der Waals surface area (Å²) in [6.07, 6.45) is -4.63. The molecule has 0 spiro atoms. The van der Waals surface area contributed by atoms with Crippen molar-refractivity contribution in [2.24, 2.45) is 0 Å². The summed E-state index contributed by atoms with van der Waals surface area (Å²) in [5.41, 5.74) is 7.87. The van der Waals surface area contributed by atoms with Gasteiger partial charge in [-0.05, 0) is 31.0 Å². The maximum Gasteiger partial charge on any atom is 0.522 e. The SMILES string of the molecule is Cc1cc(C)c(OCCOC(F)(F)F)c(N)c1. The summed E-state index contributed by atoms with van der Waals surface area (Å²) in [7, 11) is 0. The highest BCUT2D eigenvalue weighted by Crippen LogP contribution is 2.27. The van der Waals surface area contributed by atoms with Gasteiger partial charge in [-0.15, -0.1) is 13.2 Å². The number of nitrogens with two attached hydrogens (primary N) is 1. The number of ether oxygens (including phenoxy) is 2. The molecule has 96 valence electrons. The molecule has 0 aliphatic rings. The Kier molecular flexibility index (Phi) is 4.22. The largest absolute Gasteiger partial charge is 0.522 e. The van der Waals surface area contributed by atoms with Gasteiger partial charge in [-0.2, -0.15) is 0 Å². The number of alkyl halides is 3. The molecule has 0 atom stereocenters. The first-order valence-electron chi connectivity index (χ1n) is 5.00. The van der Waals surface area contributed by atoms with E-state index in [1.165, 1.54) is 0 Å². The molecule has 0 amide bonds. The highest BCUT2D eigenvalue weighted by atomic mass is 19.4. The van der Waals surface area contributed by atoms with E-state index < -0.39 is 13.0 Å². The number of anilines is 1. The highest BCUT2D eigenvalue weighted by Gasteiger charge is 2.28. The molecule has 0 radical (unpaired) electrons. The second-order valence-electron chi connectivity index (χ2n) is 3.64. The van der Waals surface area contributed by atoms with Crippen molar-refractivity contribution in [3.8, 4) is 5.75 Å². The predicted molar refractivity (Wildman–Crippen MR) is 57.8 cm³/mol. The monoisotopic (exact) mass is 249 g/mol. The number of nitrogen functional groups attached to an aromatic ring is 1. The van der Waals surface area contributed by atoms with Crippen LogP contribution in [0.1, 0.15) is 11.1 Å². The first kappa shape index (κ1) is 13.6. The van der Waals surface area contributed by atoms with Crippen molar-refractivity contribution in [1.29, 1.82) is 0 Å². The highest BCUT2D eigenvalue weighted by molar-refractivity contribution is 5.58. The maximum atomic E-state index is 11.7. The Hall–Kier alpha value is -1.43. The van der Waals surface area contributed by atoms with Crippen LogP contribution in [-0.4, -0.2) is 19.6 Å². The van der Waals surface area contributed by atoms with Crippen LogP contribution in [0.2, 0.25) is 0 Å². The molecule has 1 rings (SSSR count). The lowest BCUT2D eigenvalue weighted by Crippen LogP contribution is -2.18. The molecule has 3 nitrogen and oxygen atoms in total. The minimum Gasteiger partial charge on any atom is -0.489 e. The minimum atomic E-state index is -4.63. The number of hydrogen-bond acceptors (Lipinski definition) is 3. The zero-order valence-electron chi connectivity index (χ0n) is 9.60. The number of hydrogen-bond donors (Lipinski definition) is 1. The average Bonchev–Trinajstić information content (AvgIpc) is 2.13. The summed E-state index contributed by atoms with van der Waals surface area (Å²) in [6, 6.07) is 3.54. The van der Waals surface area contributed by atoms with E-state index in [0.29, 0.717) is 11.4 Å². The van der Waals surface area contributed by atoms with Crippen LogP contribution in [0, 0.1) is 13.8 Å². The summed E-state index contributed by atoms with van der Waals surface area (Å²) in [5.74, 6) is 0.404. The Bertz CT molecular complexity index is 368. The van der Waals surface area contributed by atoms with Crippen LogP contribution in [0.25, 0.3) is 0 Å². The van der Waals surface area contributed by atoms with Gasteiger partial charge in [0, 0.05) is 0 Å². The second-order valence-corrected chi connectivity index (χ2v) is 3.64. The predicted octanol–water partition coefficient (Wildman–Crippen LogP) is 2.80. The standard InChI is InChI=1S/C11H14F3NO2/c1-7-5-8(2)10(9(15)6-7)16-3-4-17-11(12,13)14/h5-6H,3-4,15H2,1-2H3. The Morgan fingerprint density at radius 3 is 2.35 bits per heavy atom. The molecule has 17 heavy (non-hydrogen) atoms. The molecule has 0 bridgehead atoms. The Morgan fingerprint density at radius 1 is 1.18 bits per heavy atom. The van der Waals surface area contributed by atoms with Crippen molar-refractivity contribution < 1.29 is 22.6 Å². The number of halogens is 3. The molecule has 1 aromatic carbocycles. The van der Waals surface area contributed by atoms with Crippen LogP contribution in [0.5, 0.6) is 5.75 Å². The fraction of sp³-hybridized carbons (Fsp3) is 0.455. The van der Waals surface area contributed by atoms with Crippen LogP contribution < -0.4 is 10.5 Å². The minimum absolute atomic E-state index is 0.201. The molecule has 0 aromatic heterocycles. The molecule has 2 N–H and O–H groups in total. The van der Waals surface area contributed by atoms with Crippen LogP contribution in [-0.2, 0) is 4.74 Å². The summed E-state index contributed by atoms with van der Waals surface area (Å²) in [6.45, 7) is 2.90.